The first-order chi connectivity index (χ1) is 20.3. The number of amides is 3. The van der Waals surface area contributed by atoms with Crippen molar-refractivity contribution >= 4 is 82.3 Å². The van der Waals surface area contributed by atoms with Crippen LogP contribution in [0, 0.1) is 13.1 Å². The third-order valence-corrected chi connectivity index (χ3v) is 9.63. The lowest BCUT2D eigenvalue weighted by molar-refractivity contribution is -0.145. The minimum atomic E-state index is -3.56. The highest BCUT2D eigenvalue weighted by molar-refractivity contribution is 14.1. The number of esters is 1. The molecule has 3 amide bonds. The SMILES string of the molecule is COP(=O)(CC(OC(C)=O)c1cc(NC(=O)CNC(=O)[C@H](CC(C)C)NC(=O)OCc2ccccc2)c(I)cc1I)OC. The van der Waals surface area contributed by atoms with E-state index < -0.39 is 43.6 Å². The first-order valence-electron chi connectivity index (χ1n) is 13.2. The summed E-state index contributed by atoms with van der Waals surface area (Å²) in [5, 5.41) is 7.89. The first-order valence-corrected chi connectivity index (χ1v) is 17.1. The number of nitrogens with one attached hydrogen (secondary N) is 3. The zero-order valence-corrected chi connectivity index (χ0v) is 29.7. The molecule has 0 fully saturated rings. The Bertz CT molecular complexity index is 1320. The molecule has 0 saturated carbocycles. The van der Waals surface area contributed by atoms with E-state index in [1.54, 1.807) is 12.1 Å². The summed E-state index contributed by atoms with van der Waals surface area (Å²) in [6, 6.07) is 11.6. The van der Waals surface area contributed by atoms with Crippen LogP contribution >= 0.6 is 52.8 Å². The second-order valence-electron chi connectivity index (χ2n) is 9.76. The van der Waals surface area contributed by atoms with Crippen LogP contribution in [0.3, 0.4) is 0 Å². The molecule has 0 saturated heterocycles. The summed E-state index contributed by atoms with van der Waals surface area (Å²) in [5.41, 5.74) is 1.68. The van der Waals surface area contributed by atoms with Crippen LogP contribution < -0.4 is 16.0 Å². The molecule has 236 valence electrons. The Kier molecular flexibility index (Phi) is 15.4. The smallest absolute Gasteiger partial charge is 0.408 e. The van der Waals surface area contributed by atoms with Gasteiger partial charge in [-0.2, -0.15) is 0 Å². The maximum Gasteiger partial charge on any atom is 0.408 e. The van der Waals surface area contributed by atoms with Crippen LogP contribution in [0.25, 0.3) is 0 Å². The lowest BCUT2D eigenvalue weighted by Gasteiger charge is -2.23. The first kappa shape index (κ1) is 36.9. The van der Waals surface area contributed by atoms with E-state index in [1.807, 2.05) is 66.8 Å². The van der Waals surface area contributed by atoms with Gasteiger partial charge in [-0.1, -0.05) is 44.2 Å². The average molecular weight is 843 g/mol. The minimum Gasteiger partial charge on any atom is -0.457 e. The molecule has 2 aromatic carbocycles. The average Bonchev–Trinajstić information content (AvgIpc) is 2.95. The number of anilines is 1. The fraction of sp³-hybridized carbons (Fsp3) is 0.429. The number of carbonyl (C=O) groups excluding carboxylic acids is 4. The molecule has 43 heavy (non-hydrogen) atoms. The summed E-state index contributed by atoms with van der Waals surface area (Å²) in [5.74, 6) is -1.59. The van der Waals surface area contributed by atoms with Crippen molar-refractivity contribution in [2.45, 2.75) is 45.9 Å². The van der Waals surface area contributed by atoms with Crippen molar-refractivity contribution < 1.29 is 42.3 Å². The number of benzene rings is 2. The molecule has 15 heteroatoms. The highest BCUT2D eigenvalue weighted by Gasteiger charge is 2.32. The summed E-state index contributed by atoms with van der Waals surface area (Å²) in [7, 11) is -1.08. The lowest BCUT2D eigenvalue weighted by atomic mass is 10.0. The predicted octanol–water partition coefficient (Wildman–Crippen LogP) is 5.38. The fourth-order valence-electron chi connectivity index (χ4n) is 3.83. The van der Waals surface area contributed by atoms with E-state index in [9.17, 15) is 23.7 Å². The Morgan fingerprint density at radius 2 is 1.63 bits per heavy atom. The standard InChI is InChI=1S/C28H36I2N3O9P/c1-17(2)11-24(33-28(37)41-15-19-9-7-6-8-10-19)27(36)31-14-26(35)32-23-12-20(21(29)13-22(23)30)25(42-18(3)34)16-43(38,39-4)40-5/h6-10,12-13,17,24-25H,11,14-16H2,1-5H3,(H,31,36)(H,32,35)(H,33,37)/t24-,25?/m0/s1. The molecule has 2 aromatic rings. The number of hydrogen-bond acceptors (Lipinski definition) is 9. The number of carbonyl (C=O) groups is 4. The van der Waals surface area contributed by atoms with Gasteiger partial charge in [0.2, 0.25) is 11.8 Å². The van der Waals surface area contributed by atoms with E-state index in [1.165, 1.54) is 21.1 Å². The molecule has 3 N–H and O–H groups in total. The van der Waals surface area contributed by atoms with Crippen LogP contribution in [0.4, 0.5) is 10.5 Å². The quantitative estimate of drug-likeness (QED) is 0.122. The Labute approximate surface area is 278 Å². The molecule has 0 aromatic heterocycles. The largest absolute Gasteiger partial charge is 0.457 e. The molecule has 12 nitrogen and oxygen atoms in total. The van der Waals surface area contributed by atoms with Crippen molar-refractivity contribution in [1.82, 2.24) is 10.6 Å². The van der Waals surface area contributed by atoms with Gasteiger partial charge < -0.3 is 34.5 Å². The van der Waals surface area contributed by atoms with E-state index in [2.05, 4.69) is 38.5 Å². The van der Waals surface area contributed by atoms with Crippen molar-refractivity contribution in [2.24, 2.45) is 5.92 Å². The summed E-state index contributed by atoms with van der Waals surface area (Å²) in [6.07, 6.45) is -1.63. The summed E-state index contributed by atoms with van der Waals surface area (Å²) < 4.78 is 34.9. The predicted molar refractivity (Wildman–Crippen MR) is 178 cm³/mol. The molecular formula is C28H36I2N3O9P. The molecule has 1 unspecified atom stereocenters. The molecule has 0 heterocycles. The Balaban J connectivity index is 2.09. The van der Waals surface area contributed by atoms with Crippen LogP contribution in [-0.2, 0) is 44.1 Å². The van der Waals surface area contributed by atoms with Crippen LogP contribution in [0.1, 0.15) is 44.4 Å². The summed E-state index contributed by atoms with van der Waals surface area (Å²) in [4.78, 5) is 50.0. The van der Waals surface area contributed by atoms with Crippen molar-refractivity contribution in [2.75, 3.05) is 32.2 Å². The molecule has 0 radical (unpaired) electrons. The van der Waals surface area contributed by atoms with Gasteiger partial charge in [0.15, 0.2) is 0 Å². The topological polar surface area (TPSA) is 158 Å². The van der Waals surface area contributed by atoms with Gasteiger partial charge in [0.1, 0.15) is 18.8 Å². The molecule has 0 aliphatic carbocycles. The van der Waals surface area contributed by atoms with Crippen LogP contribution in [0.5, 0.6) is 0 Å². The van der Waals surface area contributed by atoms with Gasteiger partial charge in [0.25, 0.3) is 0 Å². The Morgan fingerprint density at radius 3 is 2.21 bits per heavy atom. The monoisotopic (exact) mass is 843 g/mol. The second-order valence-corrected chi connectivity index (χ2v) is 14.4. The summed E-state index contributed by atoms with van der Waals surface area (Å²) >= 11 is 4.09. The number of rotatable bonds is 15. The number of alkyl carbamates (subject to hydrolysis) is 1. The van der Waals surface area contributed by atoms with Crippen LogP contribution in [0.2, 0.25) is 0 Å². The summed E-state index contributed by atoms with van der Waals surface area (Å²) in [6.45, 7) is 4.71. The Hall–Kier alpha value is -2.27. The van der Waals surface area contributed by atoms with E-state index in [0.717, 1.165) is 5.56 Å². The van der Waals surface area contributed by atoms with Gasteiger partial charge in [-0.15, -0.1) is 0 Å². The van der Waals surface area contributed by atoms with Gasteiger partial charge in [-0.3, -0.25) is 18.9 Å². The second kappa shape index (κ2) is 17.9. The van der Waals surface area contributed by atoms with E-state index in [4.69, 9.17) is 18.5 Å². The molecule has 2 atom stereocenters. The molecule has 0 spiro atoms. The highest BCUT2D eigenvalue weighted by Crippen LogP contribution is 2.50. The van der Waals surface area contributed by atoms with Gasteiger partial charge in [0.05, 0.1) is 18.4 Å². The molecule has 2 rings (SSSR count). The maximum absolute atomic E-state index is 12.9. The maximum atomic E-state index is 12.9. The number of hydrogen-bond donors (Lipinski definition) is 3. The zero-order valence-electron chi connectivity index (χ0n) is 24.5. The third kappa shape index (κ3) is 12.7. The Morgan fingerprint density at radius 1 is 0.977 bits per heavy atom. The van der Waals surface area contributed by atoms with E-state index >= 15 is 0 Å². The number of ether oxygens (including phenoxy) is 2. The van der Waals surface area contributed by atoms with E-state index in [-0.39, 0.29) is 25.2 Å². The van der Waals surface area contributed by atoms with Crippen molar-refractivity contribution in [3.63, 3.8) is 0 Å². The molecule has 0 bridgehead atoms. The number of halogens is 2. The zero-order chi connectivity index (χ0) is 32.2. The minimum absolute atomic E-state index is 0.0501. The van der Waals surface area contributed by atoms with E-state index in [0.29, 0.717) is 24.8 Å². The van der Waals surface area contributed by atoms with Crippen LogP contribution in [-0.4, -0.2) is 56.8 Å². The van der Waals surface area contributed by atoms with Gasteiger partial charge in [0, 0.05) is 33.8 Å². The molecule has 0 aliphatic heterocycles. The highest BCUT2D eigenvalue weighted by atomic mass is 127. The van der Waals surface area contributed by atoms with Gasteiger partial charge in [-0.05, 0) is 75.2 Å². The fourth-order valence-corrected chi connectivity index (χ4v) is 6.97. The van der Waals surface area contributed by atoms with Crippen molar-refractivity contribution in [3.05, 3.63) is 60.7 Å². The lowest BCUT2D eigenvalue weighted by Crippen LogP contribution is -2.49. The molecule has 0 aliphatic rings. The van der Waals surface area contributed by atoms with Crippen LogP contribution in [0.15, 0.2) is 42.5 Å². The molecular weight excluding hydrogens is 807 g/mol. The normalized spacial score (nSPS) is 12.7. The van der Waals surface area contributed by atoms with Gasteiger partial charge in [-0.25, -0.2) is 4.79 Å². The third-order valence-electron chi connectivity index (χ3n) is 5.91. The van der Waals surface area contributed by atoms with Gasteiger partial charge >= 0.3 is 19.7 Å². The van der Waals surface area contributed by atoms with Crippen molar-refractivity contribution in [1.29, 1.82) is 0 Å². The van der Waals surface area contributed by atoms with Crippen molar-refractivity contribution in [3.8, 4) is 0 Å².